The number of thiophene rings is 1. The van der Waals surface area contributed by atoms with Crippen LogP contribution in [0.15, 0.2) is 18.5 Å². The van der Waals surface area contributed by atoms with Crippen LogP contribution in [0.1, 0.15) is 40.9 Å². The molecule has 6 heteroatoms. The largest absolute Gasteiger partial charge is 0.465 e. The maximum atomic E-state index is 11.9. The SMILES string of the molecule is COC(=O)c1sc(C#CC(C)(C)C)cc1NCc1cnn(C)c1. The molecule has 0 radical (unpaired) electrons. The van der Waals surface area contributed by atoms with Gasteiger partial charge in [0.25, 0.3) is 0 Å². The van der Waals surface area contributed by atoms with Crippen LogP contribution in [0.4, 0.5) is 5.69 Å². The van der Waals surface area contributed by atoms with Crippen LogP contribution in [0.2, 0.25) is 0 Å². The lowest BCUT2D eigenvalue weighted by molar-refractivity contribution is 0.0607. The fourth-order valence-corrected chi connectivity index (χ4v) is 2.74. The van der Waals surface area contributed by atoms with Gasteiger partial charge in [0.05, 0.1) is 23.9 Å². The number of ether oxygens (including phenoxy) is 1. The van der Waals surface area contributed by atoms with Gasteiger partial charge >= 0.3 is 5.97 Å². The van der Waals surface area contributed by atoms with E-state index in [1.807, 2.05) is 19.3 Å². The third-order valence-corrected chi connectivity index (χ3v) is 3.94. The molecule has 0 aliphatic carbocycles. The summed E-state index contributed by atoms with van der Waals surface area (Å²) in [5, 5.41) is 7.39. The van der Waals surface area contributed by atoms with Crippen molar-refractivity contribution in [2.45, 2.75) is 27.3 Å². The molecule has 0 unspecified atom stereocenters. The average molecular weight is 331 g/mol. The molecule has 0 saturated heterocycles. The number of rotatable bonds is 4. The molecule has 0 aliphatic rings. The molecule has 2 aromatic rings. The van der Waals surface area contributed by atoms with Crippen LogP contribution in [0, 0.1) is 17.3 Å². The minimum absolute atomic E-state index is 0.0846. The van der Waals surface area contributed by atoms with Crippen LogP contribution in [0.25, 0.3) is 0 Å². The number of carbonyl (C=O) groups excluding carboxylic acids is 1. The Labute approximate surface area is 140 Å². The molecule has 5 nitrogen and oxygen atoms in total. The first-order valence-corrected chi connectivity index (χ1v) is 8.07. The van der Waals surface area contributed by atoms with Crippen LogP contribution in [0.5, 0.6) is 0 Å². The van der Waals surface area contributed by atoms with Gasteiger partial charge in [0.2, 0.25) is 0 Å². The predicted octanol–water partition coefficient (Wildman–Crippen LogP) is 3.28. The molecule has 2 rings (SSSR count). The zero-order valence-corrected chi connectivity index (χ0v) is 14.9. The smallest absolute Gasteiger partial charge is 0.350 e. The van der Waals surface area contributed by atoms with E-state index in [0.29, 0.717) is 11.4 Å². The van der Waals surface area contributed by atoms with E-state index < -0.39 is 0 Å². The highest BCUT2D eigenvalue weighted by Gasteiger charge is 2.16. The van der Waals surface area contributed by atoms with E-state index in [1.54, 1.807) is 10.9 Å². The predicted molar refractivity (Wildman–Crippen MR) is 92.5 cm³/mol. The van der Waals surface area contributed by atoms with Gasteiger partial charge in [-0.15, -0.1) is 11.3 Å². The van der Waals surface area contributed by atoms with Crippen molar-refractivity contribution in [3.8, 4) is 11.8 Å². The van der Waals surface area contributed by atoms with Crippen molar-refractivity contribution in [1.82, 2.24) is 9.78 Å². The Hall–Kier alpha value is -2.26. The van der Waals surface area contributed by atoms with Crippen LogP contribution in [0.3, 0.4) is 0 Å². The number of methoxy groups -OCH3 is 1. The van der Waals surface area contributed by atoms with Gasteiger partial charge in [0.15, 0.2) is 0 Å². The quantitative estimate of drug-likeness (QED) is 0.690. The Bertz CT molecular complexity index is 757. The minimum atomic E-state index is -0.354. The van der Waals surface area contributed by atoms with Gasteiger partial charge < -0.3 is 10.1 Å². The molecule has 0 aromatic carbocycles. The first-order valence-electron chi connectivity index (χ1n) is 7.25. The second-order valence-electron chi connectivity index (χ2n) is 6.22. The fourth-order valence-electron chi connectivity index (χ4n) is 1.84. The Balaban J connectivity index is 2.23. The van der Waals surface area contributed by atoms with E-state index in [4.69, 9.17) is 4.74 Å². The molecule has 0 aliphatic heterocycles. The zero-order valence-electron chi connectivity index (χ0n) is 14.1. The van der Waals surface area contributed by atoms with Gasteiger partial charge in [-0.05, 0) is 26.8 Å². The lowest BCUT2D eigenvalue weighted by Crippen LogP contribution is -2.04. The molecular formula is C17H21N3O2S. The molecule has 0 amide bonds. The van der Waals surface area contributed by atoms with Crippen LogP contribution in [-0.2, 0) is 18.3 Å². The highest BCUT2D eigenvalue weighted by molar-refractivity contribution is 7.15. The molecule has 0 atom stereocenters. The van der Waals surface area contributed by atoms with Gasteiger partial charge in [-0.3, -0.25) is 4.68 Å². The summed E-state index contributed by atoms with van der Waals surface area (Å²) in [7, 11) is 3.25. The number of carbonyl (C=O) groups is 1. The molecule has 0 spiro atoms. The van der Waals surface area contributed by atoms with Gasteiger partial charge in [0.1, 0.15) is 4.88 Å². The van der Waals surface area contributed by atoms with Crippen LogP contribution < -0.4 is 5.32 Å². The molecule has 0 bridgehead atoms. The van der Waals surface area contributed by atoms with E-state index in [-0.39, 0.29) is 11.4 Å². The van der Waals surface area contributed by atoms with Crippen molar-refractivity contribution in [2.75, 3.05) is 12.4 Å². The van der Waals surface area contributed by atoms with Crippen molar-refractivity contribution >= 4 is 23.0 Å². The summed E-state index contributed by atoms with van der Waals surface area (Å²) in [4.78, 5) is 13.3. The fraction of sp³-hybridized carbons (Fsp3) is 0.412. The number of hydrogen-bond donors (Lipinski definition) is 1. The highest BCUT2D eigenvalue weighted by Crippen LogP contribution is 2.28. The minimum Gasteiger partial charge on any atom is -0.465 e. The highest BCUT2D eigenvalue weighted by atomic mass is 32.1. The summed E-state index contributed by atoms with van der Waals surface area (Å²) < 4.78 is 6.60. The Kier molecular flexibility index (Phi) is 5.12. The number of hydrogen-bond acceptors (Lipinski definition) is 5. The van der Waals surface area contributed by atoms with E-state index in [0.717, 1.165) is 16.1 Å². The number of esters is 1. The van der Waals surface area contributed by atoms with E-state index in [2.05, 4.69) is 43.0 Å². The van der Waals surface area contributed by atoms with Crippen molar-refractivity contribution in [3.05, 3.63) is 33.8 Å². The molecular weight excluding hydrogens is 310 g/mol. The second-order valence-corrected chi connectivity index (χ2v) is 7.27. The molecule has 23 heavy (non-hydrogen) atoms. The number of nitrogens with zero attached hydrogens (tertiary/aromatic N) is 2. The zero-order chi connectivity index (χ0) is 17.0. The summed E-state index contributed by atoms with van der Waals surface area (Å²) in [5.74, 6) is 5.96. The summed E-state index contributed by atoms with van der Waals surface area (Å²) in [6.45, 7) is 6.74. The van der Waals surface area contributed by atoms with Gasteiger partial charge in [0, 0.05) is 30.8 Å². The Morgan fingerprint density at radius 3 is 2.78 bits per heavy atom. The monoisotopic (exact) mass is 331 g/mol. The normalized spacial score (nSPS) is 10.8. The number of nitrogens with one attached hydrogen (secondary N) is 1. The molecule has 2 aromatic heterocycles. The number of aromatic nitrogens is 2. The molecule has 0 fully saturated rings. The van der Waals surface area contributed by atoms with Crippen molar-refractivity contribution in [1.29, 1.82) is 0 Å². The lowest BCUT2D eigenvalue weighted by atomic mass is 9.98. The Morgan fingerprint density at radius 2 is 2.22 bits per heavy atom. The molecule has 0 saturated carbocycles. The summed E-state index contributed by atoms with van der Waals surface area (Å²) in [5.41, 5.74) is 1.69. The van der Waals surface area contributed by atoms with E-state index in [9.17, 15) is 4.79 Å². The first kappa shape index (κ1) is 17.1. The van der Waals surface area contributed by atoms with E-state index >= 15 is 0 Å². The Morgan fingerprint density at radius 1 is 1.48 bits per heavy atom. The first-order chi connectivity index (χ1) is 10.8. The van der Waals surface area contributed by atoms with Crippen molar-refractivity contribution in [2.24, 2.45) is 12.5 Å². The molecule has 2 heterocycles. The second kappa shape index (κ2) is 6.88. The van der Waals surface area contributed by atoms with Crippen LogP contribution in [-0.4, -0.2) is 22.9 Å². The van der Waals surface area contributed by atoms with Crippen molar-refractivity contribution in [3.63, 3.8) is 0 Å². The topological polar surface area (TPSA) is 56.1 Å². The standard InChI is InChI=1S/C17H21N3O2S/c1-17(2,3)7-6-13-8-14(15(23-13)16(21)22-5)18-9-12-10-19-20(4)11-12/h8,10-11,18H,9H2,1-5H3. The summed E-state index contributed by atoms with van der Waals surface area (Å²) in [6, 6.07) is 1.89. The summed E-state index contributed by atoms with van der Waals surface area (Å²) >= 11 is 1.34. The van der Waals surface area contributed by atoms with E-state index in [1.165, 1.54) is 18.4 Å². The third-order valence-electron chi connectivity index (χ3n) is 2.90. The van der Waals surface area contributed by atoms with Crippen molar-refractivity contribution < 1.29 is 9.53 Å². The lowest BCUT2D eigenvalue weighted by Gasteiger charge is -2.06. The number of aryl methyl sites for hydroxylation is 1. The number of anilines is 1. The maximum absolute atomic E-state index is 11.9. The molecule has 1 N–H and O–H groups in total. The van der Waals surface area contributed by atoms with Crippen LogP contribution >= 0.6 is 11.3 Å². The third kappa shape index (κ3) is 4.86. The maximum Gasteiger partial charge on any atom is 0.350 e. The summed E-state index contributed by atoms with van der Waals surface area (Å²) in [6.07, 6.45) is 3.72. The average Bonchev–Trinajstić information content (AvgIpc) is 3.07. The molecule has 122 valence electrons. The van der Waals surface area contributed by atoms with Gasteiger partial charge in [-0.1, -0.05) is 11.8 Å². The van der Waals surface area contributed by atoms with Gasteiger partial charge in [-0.25, -0.2) is 4.79 Å². The van der Waals surface area contributed by atoms with Gasteiger partial charge in [-0.2, -0.15) is 5.10 Å².